The molecule has 0 aliphatic carbocycles. The number of hydrogen-bond donors (Lipinski definition) is 1. The number of phenols is 1. The number of aromatic nitrogens is 1. The molecule has 3 aromatic rings. The van der Waals surface area contributed by atoms with Crippen molar-refractivity contribution in [3.63, 3.8) is 0 Å². The number of fused-ring (bicyclic) bond motifs is 1. The number of phenolic OH excluding ortho intramolecular Hbond substituents is 1. The highest BCUT2D eigenvalue weighted by molar-refractivity contribution is 5.89. The third kappa shape index (κ3) is 3.55. The van der Waals surface area contributed by atoms with Gasteiger partial charge in [-0.05, 0) is 35.1 Å². The summed E-state index contributed by atoms with van der Waals surface area (Å²) < 4.78 is 0. The van der Waals surface area contributed by atoms with Crippen LogP contribution in [-0.2, 0) is 0 Å². The van der Waals surface area contributed by atoms with Crippen molar-refractivity contribution in [2.75, 3.05) is 0 Å². The van der Waals surface area contributed by atoms with Crippen LogP contribution in [0.25, 0.3) is 10.9 Å². The number of aromatic hydroxyl groups is 1. The highest BCUT2D eigenvalue weighted by Gasteiger charge is 2.12. The minimum Gasteiger partial charge on any atom is -0.506 e. The van der Waals surface area contributed by atoms with Crippen molar-refractivity contribution in [3.05, 3.63) is 65.4 Å². The molecule has 0 atom stereocenters. The Morgan fingerprint density at radius 3 is 2.16 bits per heavy atom. The van der Waals surface area contributed by atoms with Crippen LogP contribution < -0.4 is 0 Å². The second-order valence-electron chi connectivity index (χ2n) is 6.94. The number of pyridine rings is 1. The van der Waals surface area contributed by atoms with Crippen LogP contribution in [0.3, 0.4) is 0 Å². The molecular formula is C22H24N2O. The van der Waals surface area contributed by atoms with Gasteiger partial charge in [0.1, 0.15) is 11.3 Å². The van der Waals surface area contributed by atoms with Crippen LogP contribution in [0, 0.1) is 0 Å². The largest absolute Gasteiger partial charge is 0.506 e. The fraction of sp³-hybridized carbons (Fsp3) is 0.273. The van der Waals surface area contributed by atoms with Gasteiger partial charge in [-0.2, -0.15) is 0 Å². The van der Waals surface area contributed by atoms with Gasteiger partial charge < -0.3 is 5.11 Å². The van der Waals surface area contributed by atoms with Gasteiger partial charge in [0.15, 0.2) is 0 Å². The van der Waals surface area contributed by atoms with Crippen molar-refractivity contribution in [1.29, 1.82) is 0 Å². The second-order valence-corrected chi connectivity index (χ2v) is 6.94. The lowest BCUT2D eigenvalue weighted by Crippen LogP contribution is -1.96. The average Bonchev–Trinajstić information content (AvgIpc) is 2.60. The summed E-state index contributed by atoms with van der Waals surface area (Å²) in [4.78, 5) is 9.33. The van der Waals surface area contributed by atoms with Gasteiger partial charge in [0.2, 0.25) is 0 Å². The molecule has 0 spiro atoms. The molecule has 3 nitrogen and oxygen atoms in total. The number of nitrogens with zero attached hydrogens (tertiary/aromatic N) is 2. The van der Waals surface area contributed by atoms with Crippen LogP contribution in [0.1, 0.15) is 56.4 Å². The zero-order valence-corrected chi connectivity index (χ0v) is 15.2. The van der Waals surface area contributed by atoms with Crippen LogP contribution >= 0.6 is 0 Å². The molecular weight excluding hydrogens is 308 g/mol. The van der Waals surface area contributed by atoms with Crippen LogP contribution in [0.4, 0.5) is 5.69 Å². The van der Waals surface area contributed by atoms with Crippen LogP contribution in [0.2, 0.25) is 0 Å². The van der Waals surface area contributed by atoms with E-state index in [1.165, 1.54) is 11.1 Å². The third-order valence-corrected chi connectivity index (χ3v) is 4.39. The normalized spacial score (nSPS) is 11.9. The van der Waals surface area contributed by atoms with Crippen LogP contribution in [0.15, 0.2) is 53.5 Å². The van der Waals surface area contributed by atoms with Crippen molar-refractivity contribution in [3.8, 4) is 5.75 Å². The number of para-hydroxylation sites is 2. The van der Waals surface area contributed by atoms with Gasteiger partial charge in [-0.25, -0.2) is 4.98 Å². The van der Waals surface area contributed by atoms with E-state index in [-0.39, 0.29) is 5.75 Å². The second kappa shape index (κ2) is 7.06. The molecule has 1 N–H and O–H groups in total. The monoisotopic (exact) mass is 332 g/mol. The number of rotatable bonds is 4. The predicted molar refractivity (Wildman–Crippen MR) is 105 cm³/mol. The summed E-state index contributed by atoms with van der Waals surface area (Å²) in [5.74, 6) is 0.997. The maximum atomic E-state index is 10.0. The summed E-state index contributed by atoms with van der Waals surface area (Å²) in [7, 11) is 0. The molecule has 3 heteroatoms. The summed E-state index contributed by atoms with van der Waals surface area (Å²) in [6.07, 6.45) is 1.79. The fourth-order valence-corrected chi connectivity index (χ4v) is 3.01. The summed E-state index contributed by atoms with van der Waals surface area (Å²) in [6, 6.07) is 15.7. The highest BCUT2D eigenvalue weighted by atomic mass is 16.3. The molecule has 2 aromatic carbocycles. The maximum absolute atomic E-state index is 10.0. The van der Waals surface area contributed by atoms with Gasteiger partial charge in [-0.3, -0.25) is 4.99 Å². The molecule has 0 radical (unpaired) electrons. The first-order valence-corrected chi connectivity index (χ1v) is 8.73. The van der Waals surface area contributed by atoms with E-state index in [1.54, 1.807) is 12.3 Å². The molecule has 1 aromatic heterocycles. The quantitative estimate of drug-likeness (QED) is 0.601. The Morgan fingerprint density at radius 2 is 1.52 bits per heavy atom. The lowest BCUT2D eigenvalue weighted by Gasteiger charge is -2.16. The topological polar surface area (TPSA) is 45.5 Å². The molecule has 0 unspecified atom stereocenters. The van der Waals surface area contributed by atoms with Gasteiger partial charge in [0.05, 0.1) is 17.6 Å². The minimum atomic E-state index is 0.193. The van der Waals surface area contributed by atoms with E-state index in [4.69, 9.17) is 4.99 Å². The Labute approximate surface area is 149 Å². The zero-order chi connectivity index (χ0) is 18.0. The Bertz CT molecular complexity index is 900. The molecule has 3 rings (SSSR count). The van der Waals surface area contributed by atoms with E-state index in [0.717, 1.165) is 16.8 Å². The summed E-state index contributed by atoms with van der Waals surface area (Å²) in [5, 5.41) is 10.9. The maximum Gasteiger partial charge on any atom is 0.141 e. The van der Waals surface area contributed by atoms with E-state index in [1.807, 2.05) is 24.3 Å². The average molecular weight is 332 g/mol. The van der Waals surface area contributed by atoms with E-state index in [9.17, 15) is 5.11 Å². The van der Waals surface area contributed by atoms with E-state index in [2.05, 4.69) is 50.9 Å². The summed E-state index contributed by atoms with van der Waals surface area (Å²) in [6.45, 7) is 8.74. The molecule has 1 heterocycles. The van der Waals surface area contributed by atoms with Crippen LogP contribution in [-0.4, -0.2) is 16.3 Å². The van der Waals surface area contributed by atoms with Gasteiger partial charge >= 0.3 is 0 Å². The lowest BCUT2D eigenvalue weighted by atomic mass is 9.93. The molecule has 0 amide bonds. The molecule has 0 saturated carbocycles. The first-order chi connectivity index (χ1) is 12.0. The highest BCUT2D eigenvalue weighted by Crippen LogP contribution is 2.34. The Hall–Kier alpha value is -2.68. The smallest absolute Gasteiger partial charge is 0.141 e. The molecule has 25 heavy (non-hydrogen) atoms. The Morgan fingerprint density at radius 1 is 0.880 bits per heavy atom. The lowest BCUT2D eigenvalue weighted by molar-refractivity contribution is 0.480. The molecule has 0 aliphatic rings. The van der Waals surface area contributed by atoms with Gasteiger partial charge in [0.25, 0.3) is 0 Å². The van der Waals surface area contributed by atoms with Crippen molar-refractivity contribution < 1.29 is 5.11 Å². The first kappa shape index (κ1) is 17.2. The van der Waals surface area contributed by atoms with E-state index >= 15 is 0 Å². The molecule has 0 aliphatic heterocycles. The van der Waals surface area contributed by atoms with E-state index < -0.39 is 0 Å². The molecule has 0 bridgehead atoms. The van der Waals surface area contributed by atoms with Gasteiger partial charge in [0, 0.05) is 5.39 Å². The van der Waals surface area contributed by atoms with E-state index in [0.29, 0.717) is 17.4 Å². The number of hydrogen-bond acceptors (Lipinski definition) is 3. The number of benzene rings is 2. The van der Waals surface area contributed by atoms with Crippen molar-refractivity contribution in [2.45, 2.75) is 39.5 Å². The standard InChI is InChI=1S/C22H24N2O/c1-14(2)18-8-6-9-19(15(3)4)22(18)23-13-17-12-11-16-7-5-10-20(25)21(16)24-17/h5-15,25H,1-4H3/b23-13+. The first-order valence-electron chi connectivity index (χ1n) is 8.73. The number of aliphatic imine (C=N–C) groups is 1. The summed E-state index contributed by atoms with van der Waals surface area (Å²) in [5.41, 5.74) is 4.86. The van der Waals surface area contributed by atoms with Gasteiger partial charge in [-0.15, -0.1) is 0 Å². The summed E-state index contributed by atoms with van der Waals surface area (Å²) >= 11 is 0. The van der Waals surface area contributed by atoms with Gasteiger partial charge in [-0.1, -0.05) is 64.1 Å². The van der Waals surface area contributed by atoms with Crippen molar-refractivity contribution >= 4 is 22.8 Å². The third-order valence-electron chi connectivity index (χ3n) is 4.39. The van der Waals surface area contributed by atoms with Crippen molar-refractivity contribution in [2.24, 2.45) is 4.99 Å². The predicted octanol–water partition coefficient (Wildman–Crippen LogP) is 5.94. The van der Waals surface area contributed by atoms with Crippen molar-refractivity contribution in [1.82, 2.24) is 4.98 Å². The zero-order valence-electron chi connectivity index (χ0n) is 15.2. The minimum absolute atomic E-state index is 0.193. The van der Waals surface area contributed by atoms with Crippen LogP contribution in [0.5, 0.6) is 5.75 Å². The molecule has 0 saturated heterocycles. The Kier molecular flexibility index (Phi) is 4.84. The fourth-order valence-electron chi connectivity index (χ4n) is 3.01. The SMILES string of the molecule is CC(C)c1cccc(C(C)C)c1/N=C/c1ccc2cccc(O)c2n1. The Balaban J connectivity index is 2.06. The molecule has 0 fully saturated rings. The molecule has 128 valence electrons.